The molecule has 12 heteroatoms. The number of aromatic amines is 1. The highest BCUT2D eigenvalue weighted by Gasteiger charge is 2.27. The summed E-state index contributed by atoms with van der Waals surface area (Å²) in [5, 5.41) is 0. The van der Waals surface area contributed by atoms with E-state index in [1.165, 1.54) is 38.6 Å². The number of aromatic nitrogens is 3. The lowest BCUT2D eigenvalue weighted by Gasteiger charge is -2.23. The molecule has 3 N–H and O–H groups in total. The molecule has 0 radical (unpaired) electrons. The predicted octanol–water partition coefficient (Wildman–Crippen LogP) is -0.154. The number of nitrogens with zero attached hydrogens (tertiary/aromatic N) is 4. The summed E-state index contributed by atoms with van der Waals surface area (Å²) in [6, 6.07) is 11.8. The van der Waals surface area contributed by atoms with E-state index in [0.717, 1.165) is 19.3 Å². The van der Waals surface area contributed by atoms with E-state index >= 15 is 0 Å². The van der Waals surface area contributed by atoms with Gasteiger partial charge >= 0.3 is 5.69 Å². The van der Waals surface area contributed by atoms with E-state index in [9.17, 15) is 22.8 Å². The lowest BCUT2D eigenvalue weighted by Crippen LogP contribution is -2.43. The molecular weight excluding hydrogens is 436 g/mol. The maximum Gasteiger partial charge on any atom is 0.330 e. The van der Waals surface area contributed by atoms with Crippen LogP contribution in [-0.2, 0) is 21.4 Å². The number of carbonyl (C=O) groups excluding carboxylic acids is 1. The number of pyridine rings is 1. The van der Waals surface area contributed by atoms with Crippen molar-refractivity contribution in [2.45, 2.75) is 11.4 Å². The first-order valence-corrected chi connectivity index (χ1v) is 10.9. The van der Waals surface area contributed by atoms with Crippen LogP contribution in [0.2, 0.25) is 0 Å². The quantitative estimate of drug-likeness (QED) is 0.499. The van der Waals surface area contributed by atoms with Gasteiger partial charge in [-0.25, -0.2) is 13.2 Å². The van der Waals surface area contributed by atoms with Crippen molar-refractivity contribution in [2.24, 2.45) is 0 Å². The molecule has 0 aliphatic heterocycles. The van der Waals surface area contributed by atoms with E-state index in [2.05, 4.69) is 9.97 Å². The third-order valence-electron chi connectivity index (χ3n) is 4.81. The molecule has 0 saturated heterocycles. The fourth-order valence-corrected chi connectivity index (χ4v) is 4.10. The van der Waals surface area contributed by atoms with Crippen molar-refractivity contribution >= 4 is 27.4 Å². The summed E-state index contributed by atoms with van der Waals surface area (Å²) >= 11 is 0. The zero-order valence-corrected chi connectivity index (χ0v) is 18.2. The Labute approximate surface area is 183 Å². The largest absolute Gasteiger partial charge is 0.383 e. The summed E-state index contributed by atoms with van der Waals surface area (Å²) in [7, 11) is -1.46. The van der Waals surface area contributed by atoms with Gasteiger partial charge in [0.2, 0.25) is 15.9 Å². The molecule has 0 aliphatic carbocycles. The fraction of sp³-hybridized carbons (Fsp3) is 0.200. The van der Waals surface area contributed by atoms with Gasteiger partial charge in [-0.05, 0) is 17.7 Å². The molecule has 0 bridgehead atoms. The van der Waals surface area contributed by atoms with Crippen LogP contribution in [0.4, 0.5) is 11.5 Å². The predicted molar refractivity (Wildman–Crippen MR) is 119 cm³/mol. The Morgan fingerprint density at radius 3 is 2.44 bits per heavy atom. The molecule has 0 unspecified atom stereocenters. The number of anilines is 2. The van der Waals surface area contributed by atoms with Crippen LogP contribution in [0.5, 0.6) is 0 Å². The molecule has 2 aromatic heterocycles. The molecule has 0 spiro atoms. The van der Waals surface area contributed by atoms with Crippen molar-refractivity contribution < 1.29 is 13.2 Å². The summed E-state index contributed by atoms with van der Waals surface area (Å²) < 4.78 is 27.3. The van der Waals surface area contributed by atoms with Crippen LogP contribution in [0.25, 0.3) is 0 Å². The lowest BCUT2D eigenvalue weighted by molar-refractivity contribution is -0.118. The van der Waals surface area contributed by atoms with Crippen molar-refractivity contribution in [3.63, 3.8) is 0 Å². The second-order valence-electron chi connectivity index (χ2n) is 6.97. The van der Waals surface area contributed by atoms with E-state index in [-0.39, 0.29) is 22.9 Å². The van der Waals surface area contributed by atoms with Gasteiger partial charge in [-0.1, -0.05) is 30.3 Å². The van der Waals surface area contributed by atoms with Crippen LogP contribution in [0, 0.1) is 0 Å². The Hall–Kier alpha value is -3.77. The van der Waals surface area contributed by atoms with Crippen LogP contribution in [-0.4, -0.2) is 53.8 Å². The Bertz CT molecular complexity index is 1340. The third kappa shape index (κ3) is 4.60. The number of sulfonamides is 1. The molecule has 0 atom stereocenters. The van der Waals surface area contributed by atoms with Crippen molar-refractivity contribution in [1.29, 1.82) is 0 Å². The van der Waals surface area contributed by atoms with Gasteiger partial charge < -0.3 is 10.6 Å². The number of rotatable bonds is 7. The minimum Gasteiger partial charge on any atom is -0.383 e. The van der Waals surface area contributed by atoms with E-state index in [4.69, 9.17) is 5.73 Å². The van der Waals surface area contributed by atoms with Gasteiger partial charge in [-0.15, -0.1) is 0 Å². The van der Waals surface area contributed by atoms with Crippen LogP contribution in [0.3, 0.4) is 0 Å². The molecule has 2 heterocycles. The number of H-pyrrole nitrogens is 1. The SMILES string of the molecule is CN(C(=O)CN(C)S(=O)(=O)c1cccnc1)c1c(N)n(Cc2ccccc2)c(=O)[nH]c1=O. The number of hydrogen-bond acceptors (Lipinski definition) is 7. The third-order valence-corrected chi connectivity index (χ3v) is 6.59. The van der Waals surface area contributed by atoms with E-state index < -0.39 is 33.7 Å². The van der Waals surface area contributed by atoms with Gasteiger partial charge in [0, 0.05) is 26.5 Å². The smallest absolute Gasteiger partial charge is 0.330 e. The normalized spacial score (nSPS) is 11.5. The summed E-state index contributed by atoms with van der Waals surface area (Å²) in [6.07, 6.45) is 2.60. The number of carbonyl (C=O) groups is 1. The highest BCUT2D eigenvalue weighted by molar-refractivity contribution is 7.89. The average molecular weight is 459 g/mol. The number of amides is 1. The summed E-state index contributed by atoms with van der Waals surface area (Å²) in [6.45, 7) is -0.489. The number of nitrogens with two attached hydrogens (primary N) is 1. The van der Waals surface area contributed by atoms with E-state index in [1.54, 1.807) is 24.3 Å². The molecule has 11 nitrogen and oxygen atoms in total. The molecule has 3 rings (SSSR count). The number of nitrogens with one attached hydrogen (secondary N) is 1. The Morgan fingerprint density at radius 1 is 1.12 bits per heavy atom. The molecular formula is C20H22N6O5S. The number of nitrogen functional groups attached to an aromatic ring is 1. The van der Waals surface area contributed by atoms with Gasteiger partial charge in [-0.2, -0.15) is 4.31 Å². The zero-order valence-electron chi connectivity index (χ0n) is 17.4. The first-order chi connectivity index (χ1) is 15.1. The molecule has 3 aromatic rings. The van der Waals surface area contributed by atoms with Gasteiger partial charge in [-0.3, -0.25) is 24.1 Å². The maximum atomic E-state index is 12.8. The summed E-state index contributed by atoms with van der Waals surface area (Å²) in [5.74, 6) is -0.932. The lowest BCUT2D eigenvalue weighted by atomic mass is 10.2. The topological polar surface area (TPSA) is 151 Å². The summed E-state index contributed by atoms with van der Waals surface area (Å²) in [4.78, 5) is 44.3. The Morgan fingerprint density at radius 2 is 1.81 bits per heavy atom. The number of benzene rings is 1. The number of likely N-dealkylation sites (N-methyl/N-ethyl adjacent to an activating group) is 2. The monoisotopic (exact) mass is 458 g/mol. The molecule has 32 heavy (non-hydrogen) atoms. The van der Waals surface area contributed by atoms with Crippen LogP contribution in [0.15, 0.2) is 69.3 Å². The minimum atomic E-state index is -3.97. The molecule has 168 valence electrons. The van der Waals surface area contributed by atoms with Crippen molar-refractivity contribution in [1.82, 2.24) is 18.8 Å². The average Bonchev–Trinajstić information content (AvgIpc) is 2.77. The summed E-state index contributed by atoms with van der Waals surface area (Å²) in [5.41, 5.74) is 5.01. The van der Waals surface area contributed by atoms with Crippen LogP contribution >= 0.6 is 0 Å². The standard InChI is InChI=1S/C20H22N6O5S/c1-24(32(30,31)15-9-6-10-22-11-15)13-16(27)25(2)17-18(21)26(20(29)23-19(17)28)12-14-7-4-3-5-8-14/h3-11H,12-13,21H2,1-2H3,(H,23,28,29). The first-order valence-electron chi connectivity index (χ1n) is 9.42. The molecule has 0 fully saturated rings. The van der Waals surface area contributed by atoms with Crippen LogP contribution < -0.4 is 21.9 Å². The van der Waals surface area contributed by atoms with Crippen LogP contribution in [0.1, 0.15) is 5.56 Å². The van der Waals surface area contributed by atoms with Gasteiger partial charge in [0.25, 0.3) is 5.56 Å². The minimum absolute atomic E-state index is 0.0760. The van der Waals surface area contributed by atoms with E-state index in [1.807, 2.05) is 6.07 Å². The van der Waals surface area contributed by atoms with E-state index in [0.29, 0.717) is 0 Å². The highest BCUT2D eigenvalue weighted by Crippen LogP contribution is 2.18. The molecule has 1 aromatic carbocycles. The second kappa shape index (κ2) is 9.16. The van der Waals surface area contributed by atoms with Gasteiger partial charge in [0.05, 0.1) is 13.1 Å². The second-order valence-corrected chi connectivity index (χ2v) is 9.01. The number of hydrogen-bond donors (Lipinski definition) is 2. The highest BCUT2D eigenvalue weighted by atomic mass is 32.2. The maximum absolute atomic E-state index is 12.8. The molecule has 1 amide bonds. The Kier molecular flexibility index (Phi) is 6.55. The fourth-order valence-electron chi connectivity index (χ4n) is 3.01. The van der Waals surface area contributed by atoms with Crippen molar-refractivity contribution in [3.05, 3.63) is 81.3 Å². The van der Waals surface area contributed by atoms with Crippen molar-refractivity contribution in [3.8, 4) is 0 Å². The first kappa shape index (κ1) is 22.9. The van der Waals surface area contributed by atoms with Gasteiger partial charge in [0.15, 0.2) is 5.69 Å². The van der Waals surface area contributed by atoms with Gasteiger partial charge in [0.1, 0.15) is 10.7 Å². The van der Waals surface area contributed by atoms with Crippen molar-refractivity contribution in [2.75, 3.05) is 31.3 Å². The Balaban J connectivity index is 1.89. The molecule has 0 saturated carbocycles. The zero-order chi connectivity index (χ0) is 23.5. The molecule has 0 aliphatic rings.